The molecule has 6 nitrogen and oxygen atoms in total. The minimum atomic E-state index is -3.70. The predicted molar refractivity (Wildman–Crippen MR) is 96.5 cm³/mol. The number of nitrogens with two attached hydrogens (primary N) is 1. The van der Waals surface area contributed by atoms with Crippen LogP contribution in [0.15, 0.2) is 58.5 Å². The van der Waals surface area contributed by atoms with Gasteiger partial charge in [0, 0.05) is 28.0 Å². The zero-order valence-electron chi connectivity index (χ0n) is 13.3. The highest BCUT2D eigenvalue weighted by Gasteiger charge is 2.21. The molecule has 25 heavy (non-hydrogen) atoms. The zero-order valence-corrected chi connectivity index (χ0v) is 15.0. The second kappa shape index (κ2) is 5.91. The van der Waals surface area contributed by atoms with Gasteiger partial charge in [-0.25, -0.2) is 18.2 Å². The van der Waals surface area contributed by atoms with Crippen molar-refractivity contribution in [3.63, 3.8) is 0 Å². The van der Waals surface area contributed by atoms with Crippen molar-refractivity contribution in [2.45, 2.75) is 15.5 Å². The summed E-state index contributed by atoms with van der Waals surface area (Å²) in [4.78, 5) is 1.22. The van der Waals surface area contributed by atoms with Crippen LogP contribution in [0.4, 0.5) is 0 Å². The molecule has 0 saturated heterocycles. The highest BCUT2D eigenvalue weighted by atomic mass is 32.2. The van der Waals surface area contributed by atoms with Gasteiger partial charge in [-0.1, -0.05) is 0 Å². The number of rotatable bonds is 3. The van der Waals surface area contributed by atoms with E-state index in [4.69, 9.17) is 15.0 Å². The van der Waals surface area contributed by atoms with Gasteiger partial charge in [-0.05, 0) is 42.5 Å². The molecule has 0 saturated carbocycles. The molecule has 0 atom stereocenters. The van der Waals surface area contributed by atoms with Crippen molar-refractivity contribution < 1.29 is 13.2 Å². The fourth-order valence-electron chi connectivity index (χ4n) is 2.76. The molecule has 2 aromatic carbocycles. The van der Waals surface area contributed by atoms with Gasteiger partial charge in [0.25, 0.3) is 0 Å². The normalized spacial score (nSPS) is 13.2. The topological polar surface area (TPSA) is 87.2 Å². The maximum Gasteiger partial charge on any atom is 0.238 e. The zero-order chi connectivity index (χ0) is 17.6. The van der Waals surface area contributed by atoms with Crippen molar-refractivity contribution in [3.8, 4) is 22.7 Å². The van der Waals surface area contributed by atoms with Crippen LogP contribution < -0.4 is 9.88 Å². The van der Waals surface area contributed by atoms with E-state index in [0.717, 1.165) is 38.9 Å². The van der Waals surface area contributed by atoms with Crippen LogP contribution in [0.2, 0.25) is 0 Å². The van der Waals surface area contributed by atoms with Gasteiger partial charge in [-0.3, -0.25) is 0 Å². The summed E-state index contributed by atoms with van der Waals surface area (Å²) in [5.41, 5.74) is 3.93. The van der Waals surface area contributed by atoms with E-state index in [2.05, 4.69) is 0 Å². The van der Waals surface area contributed by atoms with Crippen molar-refractivity contribution >= 4 is 21.8 Å². The summed E-state index contributed by atoms with van der Waals surface area (Å²) < 4.78 is 29.8. The summed E-state index contributed by atoms with van der Waals surface area (Å²) in [6.45, 7) is 0. The van der Waals surface area contributed by atoms with E-state index in [9.17, 15) is 8.42 Å². The van der Waals surface area contributed by atoms with Crippen molar-refractivity contribution in [1.29, 1.82) is 0 Å². The molecule has 0 amide bonds. The van der Waals surface area contributed by atoms with Crippen LogP contribution in [0, 0.1) is 0 Å². The number of aromatic nitrogens is 2. The van der Waals surface area contributed by atoms with E-state index in [1.54, 1.807) is 35.7 Å². The number of methoxy groups -OCH3 is 1. The Morgan fingerprint density at radius 1 is 1.20 bits per heavy atom. The van der Waals surface area contributed by atoms with Gasteiger partial charge in [0.2, 0.25) is 10.0 Å². The minimum absolute atomic E-state index is 0.0844. The van der Waals surface area contributed by atoms with Crippen LogP contribution in [0.1, 0.15) is 5.56 Å². The number of nitrogens with zero attached hydrogens (tertiary/aromatic N) is 2. The number of sulfonamides is 1. The summed E-state index contributed by atoms with van der Waals surface area (Å²) in [7, 11) is -2.04. The van der Waals surface area contributed by atoms with E-state index >= 15 is 0 Å². The second-order valence-electron chi connectivity index (χ2n) is 5.64. The summed E-state index contributed by atoms with van der Waals surface area (Å²) in [5, 5.41) is 9.83. The predicted octanol–water partition coefficient (Wildman–Crippen LogP) is 2.80. The molecule has 2 heterocycles. The number of ether oxygens (including phenoxy) is 1. The third-order valence-electron chi connectivity index (χ3n) is 4.05. The minimum Gasteiger partial charge on any atom is -0.497 e. The van der Waals surface area contributed by atoms with Gasteiger partial charge in [-0.2, -0.15) is 5.10 Å². The Balaban J connectivity index is 1.74. The lowest BCUT2D eigenvalue weighted by molar-refractivity contribution is 0.414. The first-order valence-electron chi connectivity index (χ1n) is 7.49. The van der Waals surface area contributed by atoms with Gasteiger partial charge in [0.05, 0.1) is 23.4 Å². The SMILES string of the molecule is COc1ccc2c(c1)SCc1cn(-c3ccc(S(N)(=O)=O)cc3)nc1-2. The first kappa shape index (κ1) is 16.2. The molecule has 2 N–H and O–H groups in total. The average Bonchev–Trinajstić information content (AvgIpc) is 3.05. The fraction of sp³-hybridized carbons (Fsp3) is 0.118. The standard InChI is InChI=1S/C17H15N3O3S2/c1-23-13-4-7-15-16(8-13)24-10-11-9-20(19-17(11)15)12-2-5-14(6-3-12)25(18,21)22/h2-9H,10H2,1H3,(H2,18,21,22). The van der Waals surface area contributed by atoms with Gasteiger partial charge >= 0.3 is 0 Å². The van der Waals surface area contributed by atoms with Crippen LogP contribution in [0.5, 0.6) is 5.75 Å². The van der Waals surface area contributed by atoms with Gasteiger partial charge in [-0.15, -0.1) is 11.8 Å². The Bertz CT molecular complexity index is 1060. The molecule has 1 aromatic heterocycles. The molecular formula is C17H15N3O3S2. The quantitative estimate of drug-likeness (QED) is 0.763. The number of hydrogen-bond donors (Lipinski definition) is 1. The van der Waals surface area contributed by atoms with Gasteiger partial charge in [0.1, 0.15) is 5.75 Å². The van der Waals surface area contributed by atoms with E-state index in [1.165, 1.54) is 12.1 Å². The smallest absolute Gasteiger partial charge is 0.238 e. The summed E-state index contributed by atoms with van der Waals surface area (Å²) in [6, 6.07) is 12.3. The van der Waals surface area contributed by atoms with Crippen molar-refractivity contribution in [2.75, 3.05) is 7.11 Å². The Morgan fingerprint density at radius 3 is 2.64 bits per heavy atom. The van der Waals surface area contributed by atoms with Crippen LogP contribution in [0.25, 0.3) is 16.9 Å². The number of benzene rings is 2. The van der Waals surface area contributed by atoms with Crippen molar-refractivity contribution in [1.82, 2.24) is 9.78 Å². The molecule has 0 spiro atoms. The summed E-state index contributed by atoms with van der Waals surface area (Å²) >= 11 is 1.75. The van der Waals surface area contributed by atoms with Crippen molar-refractivity contribution in [3.05, 3.63) is 54.2 Å². The number of hydrogen-bond acceptors (Lipinski definition) is 5. The molecule has 3 aromatic rings. The Labute approximate surface area is 149 Å². The fourth-order valence-corrected chi connectivity index (χ4v) is 4.32. The van der Waals surface area contributed by atoms with Crippen molar-refractivity contribution in [2.24, 2.45) is 5.14 Å². The second-order valence-corrected chi connectivity index (χ2v) is 8.22. The lowest BCUT2D eigenvalue weighted by atomic mass is 10.1. The molecular weight excluding hydrogens is 358 g/mol. The third kappa shape index (κ3) is 2.92. The first-order chi connectivity index (χ1) is 12.0. The number of primary sulfonamides is 1. The number of thioether (sulfide) groups is 1. The lowest BCUT2D eigenvalue weighted by Crippen LogP contribution is -2.12. The summed E-state index contributed by atoms with van der Waals surface area (Å²) in [6.07, 6.45) is 1.97. The van der Waals surface area contributed by atoms with Crippen LogP contribution in [-0.4, -0.2) is 25.3 Å². The largest absolute Gasteiger partial charge is 0.497 e. The first-order valence-corrected chi connectivity index (χ1v) is 10.0. The summed E-state index contributed by atoms with van der Waals surface area (Å²) in [5.74, 6) is 1.65. The van der Waals surface area contributed by atoms with Crippen LogP contribution in [0.3, 0.4) is 0 Å². The number of fused-ring (bicyclic) bond motifs is 3. The molecule has 8 heteroatoms. The molecule has 0 aliphatic carbocycles. The Morgan fingerprint density at radius 2 is 1.96 bits per heavy atom. The highest BCUT2D eigenvalue weighted by Crippen LogP contribution is 2.42. The molecule has 1 aliphatic rings. The van der Waals surface area contributed by atoms with E-state index in [1.807, 2.05) is 24.4 Å². The third-order valence-corrected chi connectivity index (χ3v) is 6.08. The monoisotopic (exact) mass is 373 g/mol. The van der Waals surface area contributed by atoms with E-state index in [-0.39, 0.29) is 4.90 Å². The van der Waals surface area contributed by atoms with E-state index in [0.29, 0.717) is 0 Å². The molecule has 0 bridgehead atoms. The molecule has 128 valence electrons. The van der Waals surface area contributed by atoms with E-state index < -0.39 is 10.0 Å². The molecule has 0 radical (unpaired) electrons. The Hall–Kier alpha value is -2.29. The Kier molecular flexibility index (Phi) is 3.82. The molecule has 1 aliphatic heterocycles. The maximum absolute atomic E-state index is 11.4. The van der Waals surface area contributed by atoms with Gasteiger partial charge < -0.3 is 4.74 Å². The average molecular weight is 373 g/mol. The maximum atomic E-state index is 11.4. The highest BCUT2D eigenvalue weighted by molar-refractivity contribution is 7.98. The van der Waals surface area contributed by atoms with Crippen LogP contribution in [-0.2, 0) is 15.8 Å². The molecule has 0 unspecified atom stereocenters. The van der Waals surface area contributed by atoms with Crippen LogP contribution >= 0.6 is 11.8 Å². The van der Waals surface area contributed by atoms with Gasteiger partial charge in [0.15, 0.2) is 0 Å². The molecule has 0 fully saturated rings. The molecule has 4 rings (SSSR count). The lowest BCUT2D eigenvalue weighted by Gasteiger charge is -2.15.